The number of hydrogen-bond donors (Lipinski definition) is 1. The van der Waals surface area contributed by atoms with Gasteiger partial charge in [-0.05, 0) is 26.2 Å². The zero-order valence-electron chi connectivity index (χ0n) is 11.0. The van der Waals surface area contributed by atoms with Crippen LogP contribution in [-0.4, -0.2) is 24.7 Å². The molecule has 1 unspecified atom stereocenters. The van der Waals surface area contributed by atoms with Gasteiger partial charge in [0.1, 0.15) is 5.60 Å². The molecule has 1 aliphatic carbocycles. The van der Waals surface area contributed by atoms with E-state index in [4.69, 9.17) is 9.15 Å². The van der Waals surface area contributed by atoms with Gasteiger partial charge >= 0.3 is 0 Å². The van der Waals surface area contributed by atoms with E-state index in [1.807, 2.05) is 6.92 Å². The highest BCUT2D eigenvalue weighted by atomic mass is 16.5. The van der Waals surface area contributed by atoms with E-state index in [1.54, 1.807) is 13.3 Å². The Labute approximate surface area is 103 Å². The maximum atomic E-state index is 5.76. The molecule has 0 spiro atoms. The molecule has 96 valence electrons. The second kappa shape index (κ2) is 5.19. The van der Waals surface area contributed by atoms with Gasteiger partial charge in [0, 0.05) is 26.1 Å². The highest BCUT2D eigenvalue weighted by molar-refractivity contribution is 5.05. The molecule has 0 aliphatic heterocycles. The van der Waals surface area contributed by atoms with Crippen LogP contribution < -0.4 is 5.32 Å². The Bertz CT molecular complexity index is 354. The van der Waals surface area contributed by atoms with Crippen LogP contribution in [0.5, 0.6) is 0 Å². The number of oxazole rings is 1. The van der Waals surface area contributed by atoms with Gasteiger partial charge in [0.15, 0.2) is 11.7 Å². The number of hydrogen-bond acceptors (Lipinski definition) is 4. The first-order valence-corrected chi connectivity index (χ1v) is 6.41. The van der Waals surface area contributed by atoms with E-state index < -0.39 is 0 Å². The number of rotatable bonds is 7. The van der Waals surface area contributed by atoms with Gasteiger partial charge in [-0.2, -0.15) is 0 Å². The van der Waals surface area contributed by atoms with Crippen LogP contribution in [0.15, 0.2) is 10.6 Å². The summed E-state index contributed by atoms with van der Waals surface area (Å²) in [6.45, 7) is 5.06. The molecule has 4 nitrogen and oxygen atoms in total. The molecule has 0 bridgehead atoms. The molecule has 1 aromatic rings. The van der Waals surface area contributed by atoms with Crippen molar-refractivity contribution >= 4 is 0 Å². The molecular formula is C13H22N2O2. The largest absolute Gasteiger partial charge is 0.443 e. The second-order valence-electron chi connectivity index (χ2n) is 4.89. The summed E-state index contributed by atoms with van der Waals surface area (Å²) < 4.78 is 11.2. The van der Waals surface area contributed by atoms with Crippen molar-refractivity contribution in [2.24, 2.45) is 0 Å². The van der Waals surface area contributed by atoms with Crippen molar-refractivity contribution in [3.8, 4) is 0 Å². The second-order valence-corrected chi connectivity index (χ2v) is 4.89. The lowest BCUT2D eigenvalue weighted by Crippen LogP contribution is -2.22. The van der Waals surface area contributed by atoms with Crippen LogP contribution in [0.3, 0.4) is 0 Å². The average Bonchev–Trinajstić information content (AvgIpc) is 3.05. The predicted octanol–water partition coefficient (Wildman–Crippen LogP) is 2.24. The van der Waals surface area contributed by atoms with Crippen molar-refractivity contribution < 1.29 is 9.15 Å². The number of nitrogens with one attached hydrogen (secondary N) is 1. The summed E-state index contributed by atoms with van der Waals surface area (Å²) in [6, 6.07) is 0.740. The molecule has 1 saturated carbocycles. The molecule has 0 amide bonds. The van der Waals surface area contributed by atoms with Gasteiger partial charge in [-0.1, -0.05) is 6.92 Å². The molecular weight excluding hydrogens is 216 g/mol. The SMILES string of the molecule is CCC(C)(OC)c1cnc(CCNC2CC2)o1. The zero-order valence-corrected chi connectivity index (χ0v) is 11.0. The van der Waals surface area contributed by atoms with Crippen LogP contribution in [0.25, 0.3) is 0 Å². The highest BCUT2D eigenvalue weighted by Crippen LogP contribution is 2.28. The lowest BCUT2D eigenvalue weighted by molar-refractivity contribution is -0.0197. The molecule has 0 saturated heterocycles. The Morgan fingerprint density at radius 1 is 1.59 bits per heavy atom. The van der Waals surface area contributed by atoms with Crippen LogP contribution in [0.4, 0.5) is 0 Å². The molecule has 1 N–H and O–H groups in total. The first-order valence-electron chi connectivity index (χ1n) is 6.41. The fraction of sp³-hybridized carbons (Fsp3) is 0.769. The fourth-order valence-corrected chi connectivity index (χ4v) is 1.76. The van der Waals surface area contributed by atoms with Crippen LogP contribution in [0.2, 0.25) is 0 Å². The van der Waals surface area contributed by atoms with Crippen molar-refractivity contribution in [2.45, 2.75) is 51.2 Å². The predicted molar refractivity (Wildman–Crippen MR) is 65.9 cm³/mol. The van der Waals surface area contributed by atoms with E-state index in [2.05, 4.69) is 17.2 Å². The Hall–Kier alpha value is -0.870. The monoisotopic (exact) mass is 238 g/mol. The Morgan fingerprint density at radius 3 is 2.94 bits per heavy atom. The van der Waals surface area contributed by atoms with Crippen LogP contribution in [0.1, 0.15) is 44.8 Å². The lowest BCUT2D eigenvalue weighted by atomic mass is 10.0. The van der Waals surface area contributed by atoms with Crippen molar-refractivity contribution in [3.05, 3.63) is 17.8 Å². The van der Waals surface area contributed by atoms with E-state index in [1.165, 1.54) is 12.8 Å². The minimum atomic E-state index is -0.352. The molecule has 0 aromatic carbocycles. The summed E-state index contributed by atoms with van der Waals surface area (Å²) in [5.74, 6) is 1.62. The van der Waals surface area contributed by atoms with E-state index >= 15 is 0 Å². The van der Waals surface area contributed by atoms with Crippen molar-refractivity contribution in [1.82, 2.24) is 10.3 Å². The molecule has 1 heterocycles. The Morgan fingerprint density at radius 2 is 2.35 bits per heavy atom. The first kappa shape index (κ1) is 12.6. The summed E-state index contributed by atoms with van der Waals surface area (Å²) in [5, 5.41) is 3.45. The molecule has 1 atom stereocenters. The van der Waals surface area contributed by atoms with Gasteiger partial charge in [-0.15, -0.1) is 0 Å². The lowest BCUT2D eigenvalue weighted by Gasteiger charge is -2.23. The van der Waals surface area contributed by atoms with Gasteiger partial charge in [-0.25, -0.2) is 4.98 Å². The average molecular weight is 238 g/mol. The topological polar surface area (TPSA) is 47.3 Å². The smallest absolute Gasteiger partial charge is 0.195 e. The highest BCUT2D eigenvalue weighted by Gasteiger charge is 2.28. The van der Waals surface area contributed by atoms with E-state index in [0.29, 0.717) is 0 Å². The minimum Gasteiger partial charge on any atom is -0.443 e. The maximum absolute atomic E-state index is 5.76. The third kappa shape index (κ3) is 3.07. The third-order valence-corrected chi connectivity index (χ3v) is 3.55. The number of methoxy groups -OCH3 is 1. The molecule has 1 aliphatic rings. The molecule has 4 heteroatoms. The first-order chi connectivity index (χ1) is 8.18. The molecule has 1 fully saturated rings. The molecule has 17 heavy (non-hydrogen) atoms. The normalized spacial score (nSPS) is 19.2. The standard InChI is InChI=1S/C13H22N2O2/c1-4-13(2,16-3)11-9-15-12(17-11)7-8-14-10-5-6-10/h9-10,14H,4-8H2,1-3H3. The van der Waals surface area contributed by atoms with Gasteiger partial charge in [0.2, 0.25) is 0 Å². The summed E-state index contributed by atoms with van der Waals surface area (Å²) in [5.41, 5.74) is -0.352. The van der Waals surface area contributed by atoms with Crippen molar-refractivity contribution in [1.29, 1.82) is 0 Å². The van der Waals surface area contributed by atoms with Crippen molar-refractivity contribution in [2.75, 3.05) is 13.7 Å². The van der Waals surface area contributed by atoms with Crippen LogP contribution in [0, 0.1) is 0 Å². The maximum Gasteiger partial charge on any atom is 0.195 e. The number of aromatic nitrogens is 1. The van der Waals surface area contributed by atoms with Gasteiger partial charge in [0.05, 0.1) is 6.20 Å². The fourth-order valence-electron chi connectivity index (χ4n) is 1.76. The summed E-state index contributed by atoms with van der Waals surface area (Å²) in [7, 11) is 1.71. The van der Waals surface area contributed by atoms with E-state index in [0.717, 1.165) is 37.1 Å². The molecule has 1 aromatic heterocycles. The summed E-state index contributed by atoms with van der Waals surface area (Å²) >= 11 is 0. The van der Waals surface area contributed by atoms with Crippen LogP contribution in [-0.2, 0) is 16.8 Å². The zero-order chi connectivity index (χ0) is 12.3. The molecule has 0 radical (unpaired) electrons. The van der Waals surface area contributed by atoms with Gasteiger partial charge < -0.3 is 14.5 Å². The van der Waals surface area contributed by atoms with Gasteiger partial charge in [0.25, 0.3) is 0 Å². The summed E-state index contributed by atoms with van der Waals surface area (Å²) in [4.78, 5) is 4.31. The Kier molecular flexibility index (Phi) is 3.84. The van der Waals surface area contributed by atoms with Crippen molar-refractivity contribution in [3.63, 3.8) is 0 Å². The number of nitrogens with zero attached hydrogens (tertiary/aromatic N) is 1. The summed E-state index contributed by atoms with van der Waals surface area (Å²) in [6.07, 6.45) is 6.14. The third-order valence-electron chi connectivity index (χ3n) is 3.55. The quantitative estimate of drug-likeness (QED) is 0.791. The van der Waals surface area contributed by atoms with Crippen LogP contribution >= 0.6 is 0 Å². The van der Waals surface area contributed by atoms with Gasteiger partial charge in [-0.3, -0.25) is 0 Å². The van der Waals surface area contributed by atoms with E-state index in [-0.39, 0.29) is 5.60 Å². The number of ether oxygens (including phenoxy) is 1. The Balaban J connectivity index is 1.89. The minimum absolute atomic E-state index is 0.352. The van der Waals surface area contributed by atoms with E-state index in [9.17, 15) is 0 Å². The molecule has 2 rings (SSSR count).